The van der Waals surface area contributed by atoms with Crippen molar-refractivity contribution in [2.75, 3.05) is 5.75 Å². The van der Waals surface area contributed by atoms with E-state index in [2.05, 4.69) is 6.92 Å². The van der Waals surface area contributed by atoms with E-state index in [1.807, 2.05) is 0 Å². The van der Waals surface area contributed by atoms with Gasteiger partial charge in [0.05, 0.1) is 5.25 Å². The molecule has 0 spiro atoms. The predicted octanol–water partition coefficient (Wildman–Crippen LogP) is 2.77. The Balaban J connectivity index is 3.14. The van der Waals surface area contributed by atoms with Crippen LogP contribution in [0.15, 0.2) is 0 Å². The molecule has 0 fully saturated rings. The van der Waals surface area contributed by atoms with E-state index in [9.17, 15) is 4.79 Å². The topological polar surface area (TPSA) is 37.3 Å². The molecule has 0 aromatic carbocycles. The molecule has 0 aliphatic rings. The van der Waals surface area contributed by atoms with E-state index < -0.39 is 5.97 Å². The Morgan fingerprint density at radius 1 is 1.42 bits per heavy atom. The van der Waals surface area contributed by atoms with Crippen LogP contribution < -0.4 is 0 Å². The lowest BCUT2D eigenvalue weighted by Gasteiger charge is -2.04. The van der Waals surface area contributed by atoms with Crippen molar-refractivity contribution < 1.29 is 9.90 Å². The second-order valence-electron chi connectivity index (χ2n) is 2.91. The Kier molecular flexibility index (Phi) is 7.36. The number of carboxylic acid groups (broad SMARTS) is 1. The lowest BCUT2D eigenvalue weighted by molar-refractivity contribution is -0.136. The van der Waals surface area contributed by atoms with Crippen LogP contribution in [0.5, 0.6) is 0 Å². The van der Waals surface area contributed by atoms with E-state index in [1.54, 1.807) is 6.92 Å². The van der Waals surface area contributed by atoms with E-state index in [0.29, 0.717) is 0 Å². The highest BCUT2D eigenvalue weighted by Crippen LogP contribution is 2.13. The maximum Gasteiger partial charge on any atom is 0.316 e. The zero-order valence-electron chi connectivity index (χ0n) is 7.88. The van der Waals surface area contributed by atoms with Crippen LogP contribution in [0.3, 0.4) is 0 Å². The summed E-state index contributed by atoms with van der Waals surface area (Å²) >= 11 is 1.54. The van der Waals surface area contributed by atoms with Gasteiger partial charge in [-0.05, 0) is 19.1 Å². The summed E-state index contributed by atoms with van der Waals surface area (Å²) in [5.74, 6) is 0.281. The van der Waals surface area contributed by atoms with Crippen molar-refractivity contribution in [3.8, 4) is 0 Å². The standard InChI is InChI=1S/C9H18O2S/c1-3-4-5-6-7-12-8(2)9(10)11/h8H,3-7H2,1-2H3,(H,10,11). The fraction of sp³-hybridized carbons (Fsp3) is 0.889. The molecule has 0 aromatic heterocycles. The molecule has 72 valence electrons. The number of carbonyl (C=O) groups is 1. The fourth-order valence-electron chi connectivity index (χ4n) is 0.860. The molecule has 1 atom stereocenters. The minimum absolute atomic E-state index is 0.244. The molecule has 0 amide bonds. The van der Waals surface area contributed by atoms with Gasteiger partial charge in [0.15, 0.2) is 0 Å². The molecule has 0 heterocycles. The minimum atomic E-state index is -0.699. The Bertz CT molecular complexity index is 126. The van der Waals surface area contributed by atoms with Crippen LogP contribution in [0.2, 0.25) is 0 Å². The molecule has 1 unspecified atom stereocenters. The summed E-state index contributed by atoms with van der Waals surface area (Å²) in [5, 5.41) is 8.32. The lowest BCUT2D eigenvalue weighted by atomic mass is 10.2. The summed E-state index contributed by atoms with van der Waals surface area (Å²) in [4.78, 5) is 10.4. The zero-order valence-corrected chi connectivity index (χ0v) is 8.69. The van der Waals surface area contributed by atoms with Gasteiger partial charge in [0.25, 0.3) is 0 Å². The van der Waals surface area contributed by atoms with Gasteiger partial charge in [-0.3, -0.25) is 4.79 Å². The first kappa shape index (κ1) is 11.8. The highest BCUT2D eigenvalue weighted by molar-refractivity contribution is 8.00. The quantitative estimate of drug-likeness (QED) is 0.627. The van der Waals surface area contributed by atoms with Crippen molar-refractivity contribution in [1.82, 2.24) is 0 Å². The van der Waals surface area contributed by atoms with Gasteiger partial charge >= 0.3 is 5.97 Å². The monoisotopic (exact) mass is 190 g/mol. The van der Waals surface area contributed by atoms with Crippen LogP contribution >= 0.6 is 11.8 Å². The van der Waals surface area contributed by atoms with E-state index in [0.717, 1.165) is 12.2 Å². The summed E-state index contributed by atoms with van der Waals surface area (Å²) < 4.78 is 0. The van der Waals surface area contributed by atoms with Crippen LogP contribution in [-0.4, -0.2) is 22.1 Å². The van der Waals surface area contributed by atoms with Gasteiger partial charge in [0.1, 0.15) is 0 Å². The van der Waals surface area contributed by atoms with Gasteiger partial charge in [0.2, 0.25) is 0 Å². The number of carboxylic acids is 1. The molecular weight excluding hydrogens is 172 g/mol. The second kappa shape index (κ2) is 7.47. The van der Waals surface area contributed by atoms with Gasteiger partial charge in [-0.15, -0.1) is 11.8 Å². The molecule has 1 N–H and O–H groups in total. The summed E-state index contributed by atoms with van der Waals surface area (Å²) in [6.07, 6.45) is 4.88. The smallest absolute Gasteiger partial charge is 0.316 e. The number of rotatable bonds is 7. The van der Waals surface area contributed by atoms with Crippen LogP contribution in [0.1, 0.15) is 39.5 Å². The average Bonchev–Trinajstić information content (AvgIpc) is 2.03. The van der Waals surface area contributed by atoms with E-state index in [-0.39, 0.29) is 5.25 Å². The van der Waals surface area contributed by atoms with Crippen molar-refractivity contribution in [2.24, 2.45) is 0 Å². The zero-order chi connectivity index (χ0) is 9.40. The van der Waals surface area contributed by atoms with Gasteiger partial charge in [-0.25, -0.2) is 0 Å². The molecule has 3 heteroatoms. The summed E-state index contributed by atoms with van der Waals surface area (Å²) in [7, 11) is 0. The molecule has 0 rings (SSSR count). The fourth-order valence-corrected chi connectivity index (χ4v) is 1.73. The molecule has 0 bridgehead atoms. The van der Waals surface area contributed by atoms with Crippen molar-refractivity contribution in [1.29, 1.82) is 0 Å². The number of hydrogen-bond donors (Lipinski definition) is 1. The average molecular weight is 190 g/mol. The molecule has 0 aliphatic carbocycles. The largest absolute Gasteiger partial charge is 0.480 e. The highest BCUT2D eigenvalue weighted by Gasteiger charge is 2.09. The summed E-state index contributed by atoms with van der Waals surface area (Å²) in [5.41, 5.74) is 0. The molecule has 0 aromatic rings. The van der Waals surface area contributed by atoms with Gasteiger partial charge in [-0.2, -0.15) is 0 Å². The first-order valence-electron chi connectivity index (χ1n) is 4.53. The third-order valence-corrected chi connectivity index (χ3v) is 2.94. The van der Waals surface area contributed by atoms with Crippen molar-refractivity contribution >= 4 is 17.7 Å². The van der Waals surface area contributed by atoms with E-state index >= 15 is 0 Å². The highest BCUT2D eigenvalue weighted by atomic mass is 32.2. The van der Waals surface area contributed by atoms with Crippen LogP contribution in [0.25, 0.3) is 0 Å². The number of aliphatic carboxylic acids is 1. The van der Waals surface area contributed by atoms with Gasteiger partial charge in [-0.1, -0.05) is 26.2 Å². The molecule has 0 saturated carbocycles. The van der Waals surface area contributed by atoms with Crippen LogP contribution in [0.4, 0.5) is 0 Å². The first-order valence-corrected chi connectivity index (χ1v) is 5.57. The molecule has 0 saturated heterocycles. The number of thioether (sulfide) groups is 1. The predicted molar refractivity (Wildman–Crippen MR) is 53.7 cm³/mol. The normalized spacial score (nSPS) is 12.8. The van der Waals surface area contributed by atoms with Crippen LogP contribution in [-0.2, 0) is 4.79 Å². The van der Waals surface area contributed by atoms with Crippen molar-refractivity contribution in [2.45, 2.75) is 44.8 Å². The minimum Gasteiger partial charge on any atom is -0.480 e. The Morgan fingerprint density at radius 3 is 2.58 bits per heavy atom. The van der Waals surface area contributed by atoms with E-state index in [4.69, 9.17) is 5.11 Å². The summed E-state index contributed by atoms with van der Waals surface area (Å²) in [6, 6.07) is 0. The Labute approximate surface area is 78.7 Å². The second-order valence-corrected chi connectivity index (χ2v) is 4.36. The Hall–Kier alpha value is -0.180. The third kappa shape index (κ3) is 6.53. The molecule has 0 aliphatic heterocycles. The van der Waals surface area contributed by atoms with Crippen LogP contribution in [0, 0.1) is 0 Å². The maximum absolute atomic E-state index is 10.4. The SMILES string of the molecule is CCCCCCSC(C)C(=O)O. The first-order chi connectivity index (χ1) is 5.68. The van der Waals surface area contributed by atoms with Gasteiger partial charge < -0.3 is 5.11 Å². The maximum atomic E-state index is 10.4. The Morgan fingerprint density at radius 2 is 2.08 bits per heavy atom. The third-order valence-electron chi connectivity index (χ3n) is 1.71. The molecule has 2 nitrogen and oxygen atoms in total. The molecule has 12 heavy (non-hydrogen) atoms. The number of hydrogen-bond acceptors (Lipinski definition) is 2. The molecular formula is C9H18O2S. The summed E-state index contributed by atoms with van der Waals surface area (Å²) in [6.45, 7) is 3.92. The van der Waals surface area contributed by atoms with Crippen molar-refractivity contribution in [3.05, 3.63) is 0 Å². The van der Waals surface area contributed by atoms with Gasteiger partial charge in [0, 0.05) is 0 Å². The lowest BCUT2D eigenvalue weighted by Crippen LogP contribution is -2.11. The van der Waals surface area contributed by atoms with Crippen molar-refractivity contribution in [3.63, 3.8) is 0 Å². The number of unbranched alkanes of at least 4 members (excludes halogenated alkanes) is 3. The molecule has 0 radical (unpaired) electrons. The van der Waals surface area contributed by atoms with E-state index in [1.165, 1.54) is 31.0 Å².